The number of rotatable bonds is 7. The molecule has 4 heteroatoms. The van der Waals surface area contributed by atoms with E-state index in [0.29, 0.717) is 6.42 Å². The predicted molar refractivity (Wildman–Crippen MR) is 68.4 cm³/mol. The van der Waals surface area contributed by atoms with Gasteiger partial charge in [-0.15, -0.1) is 11.8 Å². The molecule has 0 aliphatic heterocycles. The highest BCUT2D eigenvalue weighted by Crippen LogP contribution is 2.18. The molecular weight excluding hydrogens is 220 g/mol. The van der Waals surface area contributed by atoms with Crippen LogP contribution in [0.25, 0.3) is 0 Å². The Hall–Kier alpha value is -1.00. The highest BCUT2D eigenvalue weighted by atomic mass is 32.2. The lowest BCUT2D eigenvalue weighted by atomic mass is 10.2. The van der Waals surface area contributed by atoms with E-state index in [2.05, 4.69) is 36.5 Å². The third-order valence-corrected chi connectivity index (χ3v) is 3.13. The molecule has 0 fully saturated rings. The molecule has 0 aromatic heterocycles. The summed E-state index contributed by atoms with van der Waals surface area (Å²) in [6, 6.07) is 8.38. The number of hydrogen-bond acceptors (Lipinski definition) is 3. The molecule has 0 unspecified atom stereocenters. The molecule has 1 amide bonds. The van der Waals surface area contributed by atoms with Crippen molar-refractivity contribution in [1.29, 1.82) is 0 Å². The maximum absolute atomic E-state index is 10.6. The summed E-state index contributed by atoms with van der Waals surface area (Å²) in [6.07, 6.45) is 0.434. The number of hydrogen-bond donors (Lipinski definition) is 2. The Balaban J connectivity index is 2.36. The van der Waals surface area contributed by atoms with Crippen LogP contribution in [0.3, 0.4) is 0 Å². The molecule has 0 aliphatic carbocycles. The van der Waals surface area contributed by atoms with Gasteiger partial charge in [0.15, 0.2) is 0 Å². The first kappa shape index (κ1) is 13.1. The van der Waals surface area contributed by atoms with Gasteiger partial charge >= 0.3 is 0 Å². The van der Waals surface area contributed by atoms with Gasteiger partial charge in [0.05, 0.1) is 0 Å². The molecule has 0 saturated heterocycles. The molecule has 88 valence electrons. The van der Waals surface area contributed by atoms with Crippen molar-refractivity contribution < 1.29 is 4.79 Å². The summed E-state index contributed by atoms with van der Waals surface area (Å²) in [5, 5.41) is 3.27. The summed E-state index contributed by atoms with van der Waals surface area (Å²) in [4.78, 5) is 11.7. The number of nitrogens with one attached hydrogen (secondary N) is 1. The Morgan fingerprint density at radius 3 is 2.62 bits per heavy atom. The Morgan fingerprint density at radius 2 is 2.06 bits per heavy atom. The van der Waals surface area contributed by atoms with Crippen LogP contribution in [0.4, 0.5) is 0 Å². The number of benzene rings is 1. The van der Waals surface area contributed by atoms with E-state index in [9.17, 15) is 4.79 Å². The minimum atomic E-state index is -0.240. The first-order chi connectivity index (χ1) is 7.72. The van der Waals surface area contributed by atoms with Gasteiger partial charge in [0.1, 0.15) is 0 Å². The highest BCUT2D eigenvalue weighted by Gasteiger charge is 1.98. The Bertz CT molecular complexity index is 324. The van der Waals surface area contributed by atoms with Gasteiger partial charge in [-0.2, -0.15) is 0 Å². The lowest BCUT2D eigenvalue weighted by molar-refractivity contribution is -0.117. The normalized spacial score (nSPS) is 10.3. The number of thioether (sulfide) groups is 1. The monoisotopic (exact) mass is 238 g/mol. The van der Waals surface area contributed by atoms with Crippen LogP contribution >= 0.6 is 11.8 Å². The van der Waals surface area contributed by atoms with E-state index in [1.165, 1.54) is 10.5 Å². The molecule has 1 aromatic carbocycles. The van der Waals surface area contributed by atoms with Crippen LogP contribution in [-0.2, 0) is 11.3 Å². The Morgan fingerprint density at radius 1 is 1.38 bits per heavy atom. The van der Waals surface area contributed by atoms with Gasteiger partial charge in [0.2, 0.25) is 5.91 Å². The average Bonchev–Trinajstić information content (AvgIpc) is 2.27. The lowest BCUT2D eigenvalue weighted by Crippen LogP contribution is -2.11. The van der Waals surface area contributed by atoms with E-state index in [1.807, 2.05) is 0 Å². The van der Waals surface area contributed by atoms with Crippen molar-refractivity contribution in [3.05, 3.63) is 29.8 Å². The van der Waals surface area contributed by atoms with E-state index in [0.717, 1.165) is 18.8 Å². The van der Waals surface area contributed by atoms with Crippen molar-refractivity contribution in [1.82, 2.24) is 5.32 Å². The van der Waals surface area contributed by atoms with Crippen molar-refractivity contribution in [3.63, 3.8) is 0 Å². The maximum Gasteiger partial charge on any atom is 0.218 e. The summed E-state index contributed by atoms with van der Waals surface area (Å²) < 4.78 is 0. The van der Waals surface area contributed by atoms with E-state index >= 15 is 0 Å². The molecule has 0 spiro atoms. The van der Waals surface area contributed by atoms with Gasteiger partial charge in [-0.05, 0) is 24.2 Å². The van der Waals surface area contributed by atoms with E-state index < -0.39 is 0 Å². The fourth-order valence-electron chi connectivity index (χ4n) is 1.24. The zero-order valence-corrected chi connectivity index (χ0v) is 10.3. The minimum absolute atomic E-state index is 0.240. The van der Waals surface area contributed by atoms with E-state index in [4.69, 9.17) is 5.73 Å². The van der Waals surface area contributed by atoms with Crippen LogP contribution in [0.5, 0.6) is 0 Å². The molecule has 3 nitrogen and oxygen atoms in total. The summed E-state index contributed by atoms with van der Waals surface area (Å²) in [6.45, 7) is 3.98. The third kappa shape index (κ3) is 5.19. The molecule has 0 radical (unpaired) electrons. The largest absolute Gasteiger partial charge is 0.370 e. The van der Waals surface area contributed by atoms with Crippen molar-refractivity contribution in [2.24, 2.45) is 5.73 Å². The van der Waals surface area contributed by atoms with Crippen LogP contribution in [0.2, 0.25) is 0 Å². The van der Waals surface area contributed by atoms with Gasteiger partial charge in [0, 0.05) is 23.6 Å². The second-order valence-electron chi connectivity index (χ2n) is 3.49. The van der Waals surface area contributed by atoms with Crippen LogP contribution in [0.15, 0.2) is 29.2 Å². The first-order valence-electron chi connectivity index (χ1n) is 5.43. The number of carbonyl (C=O) groups is 1. The number of primary amides is 1. The number of nitrogens with two attached hydrogens (primary N) is 1. The minimum Gasteiger partial charge on any atom is -0.370 e. The molecule has 0 aliphatic rings. The van der Waals surface area contributed by atoms with Crippen molar-refractivity contribution in [2.45, 2.75) is 24.8 Å². The quantitative estimate of drug-likeness (QED) is 0.712. The van der Waals surface area contributed by atoms with E-state index in [-0.39, 0.29) is 5.91 Å². The third-order valence-electron chi connectivity index (χ3n) is 2.12. The van der Waals surface area contributed by atoms with Gasteiger partial charge in [-0.3, -0.25) is 4.79 Å². The van der Waals surface area contributed by atoms with Gasteiger partial charge in [-0.1, -0.05) is 19.1 Å². The van der Waals surface area contributed by atoms with Crippen molar-refractivity contribution in [3.8, 4) is 0 Å². The van der Waals surface area contributed by atoms with Gasteiger partial charge < -0.3 is 11.1 Å². The second kappa shape index (κ2) is 7.30. The zero-order chi connectivity index (χ0) is 11.8. The molecular formula is C12H18N2OS. The van der Waals surface area contributed by atoms with Crippen LogP contribution in [-0.4, -0.2) is 18.2 Å². The summed E-state index contributed by atoms with van der Waals surface area (Å²) in [7, 11) is 0. The zero-order valence-electron chi connectivity index (χ0n) is 9.53. The topological polar surface area (TPSA) is 55.1 Å². The fourth-order valence-corrected chi connectivity index (χ4v) is 2.11. The second-order valence-corrected chi connectivity index (χ2v) is 4.66. The molecule has 1 rings (SSSR count). The maximum atomic E-state index is 10.6. The predicted octanol–water partition coefficient (Wildman–Crippen LogP) is 1.76. The van der Waals surface area contributed by atoms with Crippen molar-refractivity contribution >= 4 is 17.7 Å². The smallest absolute Gasteiger partial charge is 0.218 e. The molecule has 0 saturated carbocycles. The fraction of sp³-hybridized carbons (Fsp3) is 0.417. The first-order valence-corrected chi connectivity index (χ1v) is 6.41. The van der Waals surface area contributed by atoms with Gasteiger partial charge in [-0.25, -0.2) is 0 Å². The molecule has 16 heavy (non-hydrogen) atoms. The molecule has 0 atom stereocenters. The molecule has 0 bridgehead atoms. The Labute approximate surface area is 101 Å². The van der Waals surface area contributed by atoms with Crippen molar-refractivity contribution in [2.75, 3.05) is 12.3 Å². The van der Waals surface area contributed by atoms with Crippen LogP contribution in [0, 0.1) is 0 Å². The average molecular weight is 238 g/mol. The molecule has 1 aromatic rings. The van der Waals surface area contributed by atoms with Crippen LogP contribution in [0.1, 0.15) is 18.9 Å². The number of amides is 1. The molecule has 3 N–H and O–H groups in total. The standard InChI is InChI=1S/C12H18N2OS/c1-2-14-9-10-3-5-11(6-4-10)16-8-7-12(13)15/h3-6,14H,2,7-9H2,1H3,(H2,13,15). The number of carbonyl (C=O) groups excluding carboxylic acids is 1. The highest BCUT2D eigenvalue weighted by molar-refractivity contribution is 7.99. The van der Waals surface area contributed by atoms with Crippen LogP contribution < -0.4 is 11.1 Å². The summed E-state index contributed by atoms with van der Waals surface area (Å²) in [5.74, 6) is 0.512. The van der Waals surface area contributed by atoms with E-state index in [1.54, 1.807) is 11.8 Å². The van der Waals surface area contributed by atoms with Gasteiger partial charge in [0.25, 0.3) is 0 Å². The summed E-state index contributed by atoms with van der Waals surface area (Å²) in [5.41, 5.74) is 6.35. The molecule has 0 heterocycles. The SMILES string of the molecule is CCNCc1ccc(SCCC(N)=O)cc1. The Kier molecular flexibility index (Phi) is 5.96. The lowest BCUT2D eigenvalue weighted by Gasteiger charge is -2.04. The summed E-state index contributed by atoms with van der Waals surface area (Å²) >= 11 is 1.66.